The van der Waals surface area contributed by atoms with Gasteiger partial charge in [-0.15, -0.1) is 0 Å². The van der Waals surface area contributed by atoms with Crippen LogP contribution in [0.25, 0.3) is 11.0 Å². The third-order valence-electron chi connectivity index (χ3n) is 3.38. The van der Waals surface area contributed by atoms with Crippen molar-refractivity contribution in [3.8, 4) is 0 Å². The van der Waals surface area contributed by atoms with E-state index in [1.807, 2.05) is 13.2 Å². The molecule has 0 atom stereocenters. The number of aryl methyl sites for hydroxylation is 1. The zero-order chi connectivity index (χ0) is 12.8. The van der Waals surface area contributed by atoms with Crippen LogP contribution in [0.2, 0.25) is 0 Å². The molecule has 96 valence electrons. The Kier molecular flexibility index (Phi) is 2.48. The van der Waals surface area contributed by atoms with Crippen LogP contribution in [0.3, 0.4) is 0 Å². The number of nitrogens with zero attached hydrogens (tertiary/aromatic N) is 5. The summed E-state index contributed by atoms with van der Waals surface area (Å²) in [4.78, 5) is 11.0. The number of fused-ring (bicyclic) bond motifs is 1. The quantitative estimate of drug-likeness (QED) is 0.796. The van der Waals surface area contributed by atoms with Crippen molar-refractivity contribution in [2.24, 2.45) is 7.05 Å². The van der Waals surface area contributed by atoms with Crippen LogP contribution in [0.4, 0.5) is 5.82 Å². The van der Waals surface area contributed by atoms with E-state index in [9.17, 15) is 0 Å². The lowest BCUT2D eigenvalue weighted by atomic mass is 10.0. The molecule has 6 nitrogen and oxygen atoms in total. The van der Waals surface area contributed by atoms with Gasteiger partial charge in [0.25, 0.3) is 0 Å². The molecule has 0 spiro atoms. The molecule has 0 radical (unpaired) electrons. The van der Waals surface area contributed by atoms with E-state index in [-0.39, 0.29) is 5.54 Å². The van der Waals surface area contributed by atoms with Crippen molar-refractivity contribution >= 4 is 16.9 Å². The van der Waals surface area contributed by atoms with Crippen LogP contribution < -0.4 is 10.2 Å². The van der Waals surface area contributed by atoms with E-state index in [0.717, 1.165) is 36.5 Å². The van der Waals surface area contributed by atoms with Crippen LogP contribution in [0.5, 0.6) is 0 Å². The van der Waals surface area contributed by atoms with E-state index < -0.39 is 0 Å². The highest BCUT2D eigenvalue weighted by Crippen LogP contribution is 2.24. The maximum atomic E-state index is 4.44. The molecule has 0 bridgehead atoms. The molecule has 0 unspecified atom stereocenters. The van der Waals surface area contributed by atoms with Gasteiger partial charge in [0, 0.05) is 32.2 Å². The first-order valence-electron chi connectivity index (χ1n) is 6.19. The van der Waals surface area contributed by atoms with Gasteiger partial charge in [0.05, 0.1) is 11.6 Å². The van der Waals surface area contributed by atoms with Crippen LogP contribution in [-0.2, 0) is 7.05 Å². The fourth-order valence-corrected chi connectivity index (χ4v) is 2.52. The first-order valence-corrected chi connectivity index (χ1v) is 6.19. The molecule has 1 aliphatic heterocycles. The second-order valence-corrected chi connectivity index (χ2v) is 5.43. The Morgan fingerprint density at radius 2 is 2.17 bits per heavy atom. The smallest absolute Gasteiger partial charge is 0.163 e. The summed E-state index contributed by atoms with van der Waals surface area (Å²) in [6.45, 7) is 7.29. The van der Waals surface area contributed by atoms with E-state index in [4.69, 9.17) is 0 Å². The molecular weight excluding hydrogens is 228 g/mol. The van der Waals surface area contributed by atoms with E-state index >= 15 is 0 Å². The van der Waals surface area contributed by atoms with Crippen molar-refractivity contribution in [2.45, 2.75) is 19.4 Å². The Balaban J connectivity index is 2.04. The molecule has 3 heterocycles. The highest BCUT2D eigenvalue weighted by Gasteiger charge is 2.27. The van der Waals surface area contributed by atoms with Crippen LogP contribution in [0.15, 0.2) is 12.5 Å². The van der Waals surface area contributed by atoms with Gasteiger partial charge >= 0.3 is 0 Å². The summed E-state index contributed by atoms with van der Waals surface area (Å²) in [7, 11) is 1.90. The largest absolute Gasteiger partial charge is 0.353 e. The van der Waals surface area contributed by atoms with Crippen molar-refractivity contribution in [2.75, 3.05) is 24.5 Å². The maximum Gasteiger partial charge on any atom is 0.163 e. The van der Waals surface area contributed by atoms with E-state index in [2.05, 4.69) is 39.1 Å². The minimum absolute atomic E-state index is 0.109. The Morgan fingerprint density at radius 1 is 1.33 bits per heavy atom. The van der Waals surface area contributed by atoms with Gasteiger partial charge in [-0.3, -0.25) is 4.68 Å². The standard InChI is InChI=1S/C12H18N6/c1-12(2)7-18(5-4-15-12)11-9-6-16-17(3)10(9)13-8-14-11/h6,8,15H,4-5,7H2,1-3H3. The second-order valence-electron chi connectivity index (χ2n) is 5.43. The minimum Gasteiger partial charge on any atom is -0.353 e. The predicted octanol–water partition coefficient (Wildman–Crippen LogP) is 0.551. The van der Waals surface area contributed by atoms with Crippen LogP contribution in [-0.4, -0.2) is 44.9 Å². The third-order valence-corrected chi connectivity index (χ3v) is 3.38. The number of hydrogen-bond donors (Lipinski definition) is 1. The van der Waals surface area contributed by atoms with Crippen LogP contribution >= 0.6 is 0 Å². The monoisotopic (exact) mass is 246 g/mol. The molecule has 1 saturated heterocycles. The molecule has 1 aliphatic rings. The van der Waals surface area contributed by atoms with E-state index in [1.54, 1.807) is 11.0 Å². The van der Waals surface area contributed by atoms with Crippen LogP contribution in [0.1, 0.15) is 13.8 Å². The van der Waals surface area contributed by atoms with Gasteiger partial charge in [-0.1, -0.05) is 0 Å². The molecule has 0 aromatic carbocycles. The third kappa shape index (κ3) is 1.82. The number of anilines is 1. The van der Waals surface area contributed by atoms with Gasteiger partial charge in [-0.25, -0.2) is 9.97 Å². The summed E-state index contributed by atoms with van der Waals surface area (Å²) in [6, 6.07) is 0. The zero-order valence-corrected chi connectivity index (χ0v) is 11.0. The molecule has 1 fully saturated rings. The number of aromatic nitrogens is 4. The first-order chi connectivity index (χ1) is 8.57. The maximum absolute atomic E-state index is 4.44. The summed E-state index contributed by atoms with van der Waals surface area (Å²) in [6.07, 6.45) is 3.47. The van der Waals surface area contributed by atoms with Gasteiger partial charge < -0.3 is 10.2 Å². The molecule has 2 aromatic rings. The molecule has 18 heavy (non-hydrogen) atoms. The molecule has 2 aromatic heterocycles. The molecule has 6 heteroatoms. The summed E-state index contributed by atoms with van der Waals surface area (Å²) < 4.78 is 1.79. The Hall–Kier alpha value is -1.69. The topological polar surface area (TPSA) is 58.9 Å². The second kappa shape index (κ2) is 3.91. The highest BCUT2D eigenvalue weighted by atomic mass is 15.3. The van der Waals surface area contributed by atoms with Crippen molar-refractivity contribution in [1.29, 1.82) is 0 Å². The lowest BCUT2D eigenvalue weighted by Gasteiger charge is -2.39. The van der Waals surface area contributed by atoms with Crippen molar-refractivity contribution in [1.82, 2.24) is 25.1 Å². The van der Waals surface area contributed by atoms with Crippen molar-refractivity contribution in [3.63, 3.8) is 0 Å². The fourth-order valence-electron chi connectivity index (χ4n) is 2.52. The predicted molar refractivity (Wildman–Crippen MR) is 70.6 cm³/mol. The lowest BCUT2D eigenvalue weighted by molar-refractivity contribution is 0.352. The molecule has 0 amide bonds. The number of hydrogen-bond acceptors (Lipinski definition) is 5. The normalized spacial score (nSPS) is 19.4. The lowest BCUT2D eigenvalue weighted by Crippen LogP contribution is -2.57. The SMILES string of the molecule is Cn1ncc2c(N3CCNC(C)(C)C3)ncnc21. The van der Waals surface area contributed by atoms with Gasteiger partial charge in [0.2, 0.25) is 0 Å². The summed E-state index contributed by atoms with van der Waals surface area (Å²) in [5.41, 5.74) is 0.994. The van der Waals surface area contributed by atoms with E-state index in [1.165, 1.54) is 0 Å². The molecular formula is C12H18N6. The number of piperazine rings is 1. The number of nitrogens with one attached hydrogen (secondary N) is 1. The molecule has 0 aliphatic carbocycles. The highest BCUT2D eigenvalue weighted by molar-refractivity contribution is 5.86. The van der Waals surface area contributed by atoms with Gasteiger partial charge in [-0.05, 0) is 13.8 Å². The van der Waals surface area contributed by atoms with Crippen molar-refractivity contribution in [3.05, 3.63) is 12.5 Å². The summed E-state index contributed by atoms with van der Waals surface area (Å²) >= 11 is 0. The van der Waals surface area contributed by atoms with Crippen LogP contribution in [0, 0.1) is 0 Å². The van der Waals surface area contributed by atoms with Gasteiger partial charge in [0.1, 0.15) is 12.1 Å². The average Bonchev–Trinajstić information content (AvgIpc) is 2.70. The Morgan fingerprint density at radius 3 is 2.94 bits per heavy atom. The number of rotatable bonds is 1. The average molecular weight is 246 g/mol. The van der Waals surface area contributed by atoms with Gasteiger partial charge in [0.15, 0.2) is 5.65 Å². The molecule has 1 N–H and O–H groups in total. The molecule has 0 saturated carbocycles. The summed E-state index contributed by atoms with van der Waals surface area (Å²) in [5, 5.41) is 8.79. The fraction of sp³-hybridized carbons (Fsp3) is 0.583. The molecule has 3 rings (SSSR count). The zero-order valence-electron chi connectivity index (χ0n) is 11.0. The first kappa shape index (κ1) is 11.4. The Labute approximate surface area is 106 Å². The van der Waals surface area contributed by atoms with E-state index in [0.29, 0.717) is 0 Å². The van der Waals surface area contributed by atoms with Gasteiger partial charge in [-0.2, -0.15) is 5.10 Å². The minimum atomic E-state index is 0.109. The summed E-state index contributed by atoms with van der Waals surface area (Å²) in [5.74, 6) is 0.989. The van der Waals surface area contributed by atoms with Crippen molar-refractivity contribution < 1.29 is 0 Å². The Bertz CT molecular complexity index is 573.